The van der Waals surface area contributed by atoms with Crippen molar-refractivity contribution in [2.75, 3.05) is 5.32 Å². The van der Waals surface area contributed by atoms with Gasteiger partial charge in [0.2, 0.25) is 0 Å². The second-order valence-electron chi connectivity index (χ2n) is 5.30. The predicted molar refractivity (Wildman–Crippen MR) is 66.1 cm³/mol. The summed E-state index contributed by atoms with van der Waals surface area (Å²) in [4.78, 5) is 20.4. The molecular formula is C13H17N3O2. The number of hydrogen-bond acceptors (Lipinski definition) is 4. The zero-order valence-electron chi connectivity index (χ0n) is 10.2. The van der Waals surface area contributed by atoms with Crippen molar-refractivity contribution >= 4 is 11.6 Å². The largest absolute Gasteiger partial charge is 0.380 e. The first-order valence-electron chi connectivity index (χ1n) is 6.53. The third kappa shape index (κ3) is 2.22. The Labute approximate surface area is 106 Å². The van der Waals surface area contributed by atoms with Gasteiger partial charge in [-0.2, -0.15) is 0 Å². The van der Waals surface area contributed by atoms with E-state index in [1.165, 1.54) is 0 Å². The average molecular weight is 247 g/mol. The maximum absolute atomic E-state index is 12.0. The molecule has 0 radical (unpaired) electrons. The van der Waals surface area contributed by atoms with Crippen molar-refractivity contribution in [2.45, 2.75) is 50.0 Å². The number of amides is 1. The Morgan fingerprint density at radius 2 is 1.89 bits per heavy atom. The van der Waals surface area contributed by atoms with Crippen LogP contribution in [0.1, 0.15) is 50.3 Å². The normalized spacial score (nSPS) is 21.8. The fourth-order valence-electron chi connectivity index (χ4n) is 2.39. The van der Waals surface area contributed by atoms with E-state index < -0.39 is 5.60 Å². The predicted octanol–water partition coefficient (Wildman–Crippen LogP) is 1.60. The van der Waals surface area contributed by atoms with Crippen molar-refractivity contribution in [3.63, 3.8) is 0 Å². The third-order valence-electron chi connectivity index (χ3n) is 3.73. The Kier molecular flexibility index (Phi) is 2.78. The van der Waals surface area contributed by atoms with Crippen LogP contribution in [-0.4, -0.2) is 26.6 Å². The maximum atomic E-state index is 12.0. The van der Waals surface area contributed by atoms with Gasteiger partial charge in [-0.05, 0) is 38.5 Å². The summed E-state index contributed by atoms with van der Waals surface area (Å²) in [5, 5.41) is 12.8. The maximum Gasteiger partial charge on any atom is 0.256 e. The Balaban J connectivity index is 1.66. The molecule has 1 amide bonds. The smallest absolute Gasteiger partial charge is 0.256 e. The summed E-state index contributed by atoms with van der Waals surface area (Å²) in [6, 6.07) is 0. The van der Waals surface area contributed by atoms with Gasteiger partial charge in [0.1, 0.15) is 11.4 Å². The molecule has 0 unspecified atom stereocenters. The van der Waals surface area contributed by atoms with Gasteiger partial charge in [-0.3, -0.25) is 4.79 Å². The first-order valence-corrected chi connectivity index (χ1v) is 6.53. The van der Waals surface area contributed by atoms with Gasteiger partial charge in [-0.1, -0.05) is 0 Å². The van der Waals surface area contributed by atoms with Crippen molar-refractivity contribution in [1.82, 2.24) is 9.97 Å². The second-order valence-corrected chi connectivity index (χ2v) is 5.30. The van der Waals surface area contributed by atoms with Crippen molar-refractivity contribution in [1.29, 1.82) is 0 Å². The van der Waals surface area contributed by atoms with Crippen molar-refractivity contribution < 1.29 is 9.90 Å². The lowest BCUT2D eigenvalue weighted by Gasteiger charge is -2.20. The Morgan fingerprint density at radius 3 is 2.44 bits per heavy atom. The van der Waals surface area contributed by atoms with Crippen LogP contribution in [0.4, 0.5) is 5.69 Å². The zero-order chi connectivity index (χ0) is 12.6. The fourth-order valence-corrected chi connectivity index (χ4v) is 2.39. The molecule has 96 valence electrons. The van der Waals surface area contributed by atoms with Gasteiger partial charge in [0, 0.05) is 5.92 Å². The van der Waals surface area contributed by atoms with Gasteiger partial charge in [0.15, 0.2) is 0 Å². The molecule has 2 saturated carbocycles. The van der Waals surface area contributed by atoms with E-state index in [1.807, 2.05) is 0 Å². The number of carbonyl (C=O) groups is 1. The Morgan fingerprint density at radius 1 is 1.28 bits per heavy atom. The molecule has 3 rings (SSSR count). The zero-order valence-corrected chi connectivity index (χ0v) is 10.2. The van der Waals surface area contributed by atoms with Crippen molar-refractivity contribution in [2.24, 2.45) is 0 Å². The van der Waals surface area contributed by atoms with E-state index in [1.54, 1.807) is 12.4 Å². The first kappa shape index (κ1) is 11.6. The van der Waals surface area contributed by atoms with Gasteiger partial charge in [-0.15, -0.1) is 0 Å². The van der Waals surface area contributed by atoms with E-state index in [9.17, 15) is 9.90 Å². The van der Waals surface area contributed by atoms with E-state index in [-0.39, 0.29) is 5.91 Å². The van der Waals surface area contributed by atoms with Crippen molar-refractivity contribution in [3.05, 3.63) is 18.2 Å². The highest BCUT2D eigenvalue weighted by Gasteiger charge is 2.38. The van der Waals surface area contributed by atoms with E-state index in [2.05, 4.69) is 15.3 Å². The lowest BCUT2D eigenvalue weighted by atomic mass is 10.0. The van der Waals surface area contributed by atoms with Gasteiger partial charge in [0.25, 0.3) is 5.91 Å². The van der Waals surface area contributed by atoms with Gasteiger partial charge in [0.05, 0.1) is 18.1 Å². The Hall–Kier alpha value is -1.49. The molecule has 0 spiro atoms. The van der Waals surface area contributed by atoms with E-state index in [0.29, 0.717) is 24.4 Å². The number of rotatable bonds is 3. The van der Waals surface area contributed by atoms with Crippen LogP contribution in [0, 0.1) is 0 Å². The molecule has 18 heavy (non-hydrogen) atoms. The molecule has 5 heteroatoms. The van der Waals surface area contributed by atoms with Crippen LogP contribution in [0.25, 0.3) is 0 Å². The molecule has 0 bridgehead atoms. The van der Waals surface area contributed by atoms with Crippen LogP contribution in [0.15, 0.2) is 12.4 Å². The third-order valence-corrected chi connectivity index (χ3v) is 3.73. The van der Waals surface area contributed by atoms with E-state index in [0.717, 1.165) is 31.5 Å². The number of anilines is 1. The lowest BCUT2D eigenvalue weighted by Crippen LogP contribution is -2.40. The first-order chi connectivity index (χ1) is 8.67. The number of carbonyl (C=O) groups excluding carboxylic acids is 1. The topological polar surface area (TPSA) is 75.1 Å². The second kappa shape index (κ2) is 4.31. The molecular weight excluding hydrogens is 230 g/mol. The van der Waals surface area contributed by atoms with Crippen LogP contribution in [0.5, 0.6) is 0 Å². The minimum Gasteiger partial charge on any atom is -0.380 e. The molecule has 0 saturated heterocycles. The summed E-state index contributed by atoms with van der Waals surface area (Å²) in [7, 11) is 0. The number of aliphatic hydroxyl groups is 1. The number of aromatic nitrogens is 2. The minimum absolute atomic E-state index is 0.331. The number of nitrogens with one attached hydrogen (secondary N) is 1. The molecule has 0 aliphatic heterocycles. The van der Waals surface area contributed by atoms with Crippen LogP contribution >= 0.6 is 0 Å². The summed E-state index contributed by atoms with van der Waals surface area (Å²) in [5.41, 5.74) is -0.639. The molecule has 2 N–H and O–H groups in total. The minimum atomic E-state index is -1.20. The summed E-state index contributed by atoms with van der Waals surface area (Å²) in [6.45, 7) is 0. The monoisotopic (exact) mass is 247 g/mol. The summed E-state index contributed by atoms with van der Waals surface area (Å²) in [5.74, 6) is 1.03. The molecule has 0 aromatic carbocycles. The SMILES string of the molecule is O=C(Nc1cnc(C2CC2)nc1)C1(O)CCCC1. The summed E-state index contributed by atoms with van der Waals surface area (Å²) < 4.78 is 0. The summed E-state index contributed by atoms with van der Waals surface area (Å²) >= 11 is 0. The number of nitrogens with zero attached hydrogens (tertiary/aromatic N) is 2. The van der Waals surface area contributed by atoms with Crippen molar-refractivity contribution in [3.8, 4) is 0 Å². The van der Waals surface area contributed by atoms with Crippen LogP contribution in [-0.2, 0) is 4.79 Å². The van der Waals surface area contributed by atoms with Gasteiger partial charge >= 0.3 is 0 Å². The molecule has 2 aliphatic rings. The Bertz CT molecular complexity index is 448. The fraction of sp³-hybridized carbons (Fsp3) is 0.615. The standard InChI is InChI=1S/C13H17N3O2/c17-12(13(18)5-1-2-6-13)16-10-7-14-11(15-8-10)9-3-4-9/h7-9,18H,1-6H2,(H,16,17). The highest BCUT2D eigenvalue weighted by atomic mass is 16.3. The average Bonchev–Trinajstić information content (AvgIpc) is 3.13. The molecule has 2 fully saturated rings. The van der Waals surface area contributed by atoms with Crippen LogP contribution < -0.4 is 5.32 Å². The van der Waals surface area contributed by atoms with Crippen LogP contribution in [0.3, 0.4) is 0 Å². The molecule has 2 aliphatic carbocycles. The highest BCUT2D eigenvalue weighted by molar-refractivity contribution is 5.97. The molecule has 1 heterocycles. The molecule has 0 atom stereocenters. The van der Waals surface area contributed by atoms with Crippen LogP contribution in [0.2, 0.25) is 0 Å². The quantitative estimate of drug-likeness (QED) is 0.850. The van der Waals surface area contributed by atoms with Gasteiger partial charge in [-0.25, -0.2) is 9.97 Å². The molecule has 1 aromatic heterocycles. The van der Waals surface area contributed by atoms with Gasteiger partial charge < -0.3 is 10.4 Å². The molecule has 1 aromatic rings. The molecule has 5 nitrogen and oxygen atoms in total. The number of hydrogen-bond donors (Lipinski definition) is 2. The summed E-state index contributed by atoms with van der Waals surface area (Å²) in [6.07, 6.45) is 8.45. The highest BCUT2D eigenvalue weighted by Crippen LogP contribution is 2.37. The lowest BCUT2D eigenvalue weighted by molar-refractivity contribution is -0.133. The van der Waals surface area contributed by atoms with E-state index in [4.69, 9.17) is 0 Å². The van der Waals surface area contributed by atoms with E-state index >= 15 is 0 Å².